The zero-order valence-corrected chi connectivity index (χ0v) is 16.6. The molecule has 150 valence electrons. The van der Waals surface area contributed by atoms with Gasteiger partial charge >= 0.3 is 0 Å². The molecule has 28 heavy (non-hydrogen) atoms. The Morgan fingerprint density at radius 3 is 2.46 bits per heavy atom. The summed E-state index contributed by atoms with van der Waals surface area (Å²) in [5, 5.41) is 11.1. The molecule has 1 saturated heterocycles. The van der Waals surface area contributed by atoms with Crippen molar-refractivity contribution in [2.75, 3.05) is 46.1 Å². The van der Waals surface area contributed by atoms with Crippen molar-refractivity contribution in [3.8, 4) is 17.2 Å². The number of quaternary nitrogens is 2. The molecule has 2 aliphatic rings. The number of hydrogen-bond donors (Lipinski definition) is 3. The largest absolute Gasteiger partial charge is 0.491 e. The topological polar surface area (TPSA) is 56.8 Å². The third-order valence-corrected chi connectivity index (χ3v) is 5.59. The summed E-state index contributed by atoms with van der Waals surface area (Å²) in [5.74, 6) is 2.12. The first-order valence-corrected chi connectivity index (χ1v) is 10.2. The molecule has 3 N–H and O–H groups in total. The van der Waals surface area contributed by atoms with E-state index in [1.54, 1.807) is 11.0 Å². The lowest BCUT2D eigenvalue weighted by molar-refractivity contribution is -1.02. The highest BCUT2D eigenvalue weighted by Crippen LogP contribution is 2.35. The van der Waals surface area contributed by atoms with Gasteiger partial charge in [-0.15, -0.1) is 0 Å². The van der Waals surface area contributed by atoms with Gasteiger partial charge in [0.2, 0.25) is 6.79 Å². The van der Waals surface area contributed by atoms with E-state index in [9.17, 15) is 5.11 Å². The molecule has 6 nitrogen and oxygen atoms in total. The van der Waals surface area contributed by atoms with Gasteiger partial charge in [-0.1, -0.05) is 23.7 Å². The molecule has 0 unspecified atom stereocenters. The van der Waals surface area contributed by atoms with Crippen LogP contribution in [-0.2, 0) is 6.54 Å². The van der Waals surface area contributed by atoms with Crippen LogP contribution in [0.4, 0.5) is 0 Å². The molecule has 2 aromatic carbocycles. The lowest BCUT2D eigenvalue weighted by Crippen LogP contribution is -3.28. The van der Waals surface area contributed by atoms with Crippen LogP contribution in [0, 0.1) is 0 Å². The second-order valence-corrected chi connectivity index (χ2v) is 7.92. The highest BCUT2D eigenvalue weighted by atomic mass is 35.5. The summed E-state index contributed by atoms with van der Waals surface area (Å²) >= 11 is 5.96. The summed E-state index contributed by atoms with van der Waals surface area (Å²) in [4.78, 5) is 3.01. The van der Waals surface area contributed by atoms with Crippen LogP contribution in [0.25, 0.3) is 0 Å². The van der Waals surface area contributed by atoms with E-state index in [2.05, 4.69) is 12.1 Å². The van der Waals surface area contributed by atoms with E-state index in [-0.39, 0.29) is 13.4 Å². The van der Waals surface area contributed by atoms with E-state index in [0.29, 0.717) is 18.0 Å². The first kappa shape index (κ1) is 19.3. The number of hydrogen-bond acceptors (Lipinski definition) is 4. The van der Waals surface area contributed by atoms with Gasteiger partial charge in [-0.2, -0.15) is 0 Å². The number of ether oxygens (including phenoxy) is 3. The van der Waals surface area contributed by atoms with E-state index in [1.165, 1.54) is 10.5 Å². The quantitative estimate of drug-likeness (QED) is 0.595. The monoisotopic (exact) mass is 406 g/mol. The summed E-state index contributed by atoms with van der Waals surface area (Å²) in [6.07, 6.45) is -0.488. The van der Waals surface area contributed by atoms with E-state index in [1.807, 2.05) is 24.3 Å². The van der Waals surface area contributed by atoms with Crippen LogP contribution in [0.2, 0.25) is 5.02 Å². The maximum absolute atomic E-state index is 10.4. The Morgan fingerprint density at radius 2 is 1.68 bits per heavy atom. The molecule has 1 fully saturated rings. The zero-order chi connectivity index (χ0) is 19.3. The number of nitrogens with one attached hydrogen (secondary N) is 2. The number of halogens is 1. The van der Waals surface area contributed by atoms with Gasteiger partial charge in [0.25, 0.3) is 0 Å². The molecule has 0 aliphatic carbocycles. The number of fused-ring (bicyclic) bond motifs is 1. The standard InChI is InChI=1S/C21H25ClN2O4/c22-17-3-1-16(2-4-17)12-23-7-9-24(10-8-23)13-18(25)14-26-19-5-6-20-21(11-19)28-15-27-20/h1-6,11,18,25H,7-10,12-15H2/p+2/t18-/m0/s1. The Morgan fingerprint density at radius 1 is 0.964 bits per heavy atom. The minimum atomic E-state index is -0.488. The van der Waals surface area contributed by atoms with Gasteiger partial charge in [-0.25, -0.2) is 0 Å². The lowest BCUT2D eigenvalue weighted by atomic mass is 10.2. The summed E-state index contributed by atoms with van der Waals surface area (Å²) in [7, 11) is 0. The van der Waals surface area contributed by atoms with Crippen molar-refractivity contribution < 1.29 is 29.1 Å². The van der Waals surface area contributed by atoms with Crippen LogP contribution in [0.3, 0.4) is 0 Å². The molecule has 2 heterocycles. The molecule has 0 saturated carbocycles. The van der Waals surface area contributed by atoms with Gasteiger partial charge in [-0.05, 0) is 24.3 Å². The molecule has 0 bridgehead atoms. The maximum Gasteiger partial charge on any atom is 0.231 e. The van der Waals surface area contributed by atoms with Gasteiger partial charge < -0.3 is 29.1 Å². The molecule has 7 heteroatoms. The van der Waals surface area contributed by atoms with Crippen molar-refractivity contribution in [3.63, 3.8) is 0 Å². The predicted molar refractivity (Wildman–Crippen MR) is 105 cm³/mol. The Balaban J connectivity index is 1.17. The Hall–Kier alpha value is -1.99. The summed E-state index contributed by atoms with van der Waals surface area (Å²) in [6.45, 7) is 6.59. The second kappa shape index (κ2) is 9.01. The fraction of sp³-hybridized carbons (Fsp3) is 0.429. The lowest BCUT2D eigenvalue weighted by Gasteiger charge is -2.30. The van der Waals surface area contributed by atoms with Gasteiger partial charge in [0, 0.05) is 16.7 Å². The van der Waals surface area contributed by atoms with Crippen molar-refractivity contribution in [2.24, 2.45) is 0 Å². The molecule has 1 atom stereocenters. The van der Waals surface area contributed by atoms with E-state index in [4.69, 9.17) is 25.8 Å². The Labute approximate surface area is 170 Å². The van der Waals surface area contributed by atoms with E-state index >= 15 is 0 Å². The van der Waals surface area contributed by atoms with Crippen molar-refractivity contribution in [2.45, 2.75) is 12.6 Å². The highest BCUT2D eigenvalue weighted by molar-refractivity contribution is 6.30. The van der Waals surface area contributed by atoms with Crippen LogP contribution in [0.5, 0.6) is 17.2 Å². The molecule has 0 aromatic heterocycles. The average molecular weight is 407 g/mol. The fourth-order valence-electron chi connectivity index (χ4n) is 3.78. The van der Waals surface area contributed by atoms with Crippen molar-refractivity contribution >= 4 is 11.6 Å². The molecule has 0 amide bonds. The number of benzene rings is 2. The highest BCUT2D eigenvalue weighted by Gasteiger charge is 2.25. The molecule has 0 radical (unpaired) electrons. The third-order valence-electron chi connectivity index (χ3n) is 5.34. The van der Waals surface area contributed by atoms with E-state index in [0.717, 1.165) is 43.5 Å². The molecule has 2 aromatic rings. The molecular weight excluding hydrogens is 380 g/mol. The van der Waals surface area contributed by atoms with E-state index < -0.39 is 6.10 Å². The summed E-state index contributed by atoms with van der Waals surface area (Å²) in [6, 6.07) is 13.6. The van der Waals surface area contributed by atoms with Crippen LogP contribution < -0.4 is 24.0 Å². The van der Waals surface area contributed by atoms with Crippen LogP contribution in [-0.4, -0.2) is 57.3 Å². The minimum Gasteiger partial charge on any atom is -0.491 e. The predicted octanol–water partition coefficient (Wildman–Crippen LogP) is -0.208. The number of rotatable bonds is 7. The first-order chi connectivity index (χ1) is 13.7. The van der Waals surface area contributed by atoms with Crippen LogP contribution >= 0.6 is 11.6 Å². The van der Waals surface area contributed by atoms with Crippen LogP contribution in [0.1, 0.15) is 5.56 Å². The first-order valence-electron chi connectivity index (χ1n) is 9.78. The SMILES string of the molecule is O[C@H](COc1ccc2c(c1)OCO2)C[NH+]1CC[NH+](Cc2ccc(Cl)cc2)CC1. The van der Waals surface area contributed by atoms with Crippen molar-refractivity contribution in [1.29, 1.82) is 0 Å². The van der Waals surface area contributed by atoms with Crippen LogP contribution in [0.15, 0.2) is 42.5 Å². The fourth-order valence-corrected chi connectivity index (χ4v) is 3.91. The van der Waals surface area contributed by atoms with Gasteiger partial charge in [-0.3, -0.25) is 0 Å². The number of aliphatic hydroxyl groups excluding tert-OH is 1. The molecular formula is C21H27ClN2O4+2. The Bertz CT molecular complexity index is 778. The van der Waals surface area contributed by atoms with Crippen molar-refractivity contribution in [1.82, 2.24) is 0 Å². The Kier molecular flexibility index (Phi) is 6.22. The third kappa shape index (κ3) is 5.08. The molecule has 4 rings (SSSR count). The zero-order valence-electron chi connectivity index (χ0n) is 15.8. The normalized spacial score (nSPS) is 22.1. The van der Waals surface area contributed by atoms with Gasteiger partial charge in [0.05, 0.1) is 0 Å². The summed E-state index contributed by atoms with van der Waals surface area (Å²) < 4.78 is 16.4. The van der Waals surface area contributed by atoms with Gasteiger partial charge in [0.15, 0.2) is 11.5 Å². The average Bonchev–Trinajstić information content (AvgIpc) is 3.17. The van der Waals surface area contributed by atoms with Gasteiger partial charge in [0.1, 0.15) is 57.7 Å². The number of piperazine rings is 1. The number of aliphatic hydroxyl groups is 1. The maximum atomic E-state index is 10.4. The minimum absolute atomic E-state index is 0.247. The molecule has 2 aliphatic heterocycles. The van der Waals surface area contributed by atoms with Crippen molar-refractivity contribution in [3.05, 3.63) is 53.1 Å². The molecule has 0 spiro atoms. The second-order valence-electron chi connectivity index (χ2n) is 7.49. The summed E-state index contributed by atoms with van der Waals surface area (Å²) in [5.41, 5.74) is 1.32. The smallest absolute Gasteiger partial charge is 0.231 e.